The first-order chi connectivity index (χ1) is 7.82. The van der Waals surface area contributed by atoms with Crippen LogP contribution in [0.3, 0.4) is 0 Å². The SMILES string of the molecule is CCn1ccnc1CC(=O)C1C(C)(C)C1(C)C. The van der Waals surface area contributed by atoms with E-state index in [0.717, 1.165) is 12.4 Å². The number of ketones is 1. The lowest BCUT2D eigenvalue weighted by Crippen LogP contribution is -2.14. The Kier molecular flexibility index (Phi) is 2.68. The average molecular weight is 234 g/mol. The van der Waals surface area contributed by atoms with Gasteiger partial charge in [-0.3, -0.25) is 4.79 Å². The monoisotopic (exact) mass is 234 g/mol. The molecule has 0 N–H and O–H groups in total. The molecule has 1 aromatic heterocycles. The molecule has 1 aromatic rings. The van der Waals surface area contributed by atoms with E-state index in [1.807, 2.05) is 10.8 Å². The van der Waals surface area contributed by atoms with Crippen LogP contribution in [0.2, 0.25) is 0 Å². The lowest BCUT2D eigenvalue weighted by Gasteiger charge is -2.05. The van der Waals surface area contributed by atoms with Crippen LogP contribution in [0.15, 0.2) is 12.4 Å². The molecule has 1 heterocycles. The van der Waals surface area contributed by atoms with Gasteiger partial charge >= 0.3 is 0 Å². The van der Waals surface area contributed by atoms with E-state index >= 15 is 0 Å². The Morgan fingerprint density at radius 1 is 1.35 bits per heavy atom. The number of hydrogen-bond acceptors (Lipinski definition) is 2. The summed E-state index contributed by atoms with van der Waals surface area (Å²) in [5.74, 6) is 1.41. The van der Waals surface area contributed by atoms with Crippen molar-refractivity contribution in [2.24, 2.45) is 16.7 Å². The highest BCUT2D eigenvalue weighted by molar-refractivity contribution is 5.87. The smallest absolute Gasteiger partial charge is 0.144 e. The van der Waals surface area contributed by atoms with Gasteiger partial charge in [0.2, 0.25) is 0 Å². The van der Waals surface area contributed by atoms with Crippen molar-refractivity contribution in [1.82, 2.24) is 9.55 Å². The van der Waals surface area contributed by atoms with Crippen LogP contribution in [-0.2, 0) is 17.8 Å². The lowest BCUT2D eigenvalue weighted by molar-refractivity contribution is -0.120. The second kappa shape index (κ2) is 3.69. The maximum atomic E-state index is 12.3. The summed E-state index contributed by atoms with van der Waals surface area (Å²) >= 11 is 0. The Morgan fingerprint density at radius 3 is 2.41 bits per heavy atom. The van der Waals surface area contributed by atoms with Gasteiger partial charge in [-0.1, -0.05) is 27.7 Å². The van der Waals surface area contributed by atoms with E-state index in [2.05, 4.69) is 39.6 Å². The zero-order valence-corrected chi connectivity index (χ0v) is 11.4. The number of imidazole rings is 1. The molecule has 3 nitrogen and oxygen atoms in total. The molecule has 1 aliphatic carbocycles. The highest BCUT2D eigenvalue weighted by Crippen LogP contribution is 2.68. The molecule has 1 fully saturated rings. The summed E-state index contributed by atoms with van der Waals surface area (Å²) in [5, 5.41) is 0. The van der Waals surface area contributed by atoms with E-state index in [-0.39, 0.29) is 16.7 Å². The minimum Gasteiger partial charge on any atom is -0.335 e. The topological polar surface area (TPSA) is 34.9 Å². The first-order valence-electron chi connectivity index (χ1n) is 6.35. The minimum absolute atomic E-state index is 0.133. The molecule has 0 spiro atoms. The summed E-state index contributed by atoms with van der Waals surface area (Å²) < 4.78 is 2.04. The minimum atomic E-state index is 0.133. The molecule has 0 bridgehead atoms. The molecule has 0 aliphatic heterocycles. The van der Waals surface area contributed by atoms with Gasteiger partial charge in [0, 0.05) is 24.9 Å². The fraction of sp³-hybridized carbons (Fsp3) is 0.714. The fourth-order valence-corrected chi connectivity index (χ4v) is 3.05. The number of aryl methyl sites for hydroxylation is 1. The van der Waals surface area contributed by atoms with Gasteiger partial charge in [0.15, 0.2) is 0 Å². The van der Waals surface area contributed by atoms with Crippen molar-refractivity contribution in [1.29, 1.82) is 0 Å². The third kappa shape index (κ3) is 1.72. The lowest BCUT2D eigenvalue weighted by atomic mass is 10.0. The van der Waals surface area contributed by atoms with Crippen molar-refractivity contribution in [2.75, 3.05) is 0 Å². The van der Waals surface area contributed by atoms with Gasteiger partial charge in [0.05, 0.1) is 6.42 Å². The Hall–Kier alpha value is -1.12. The van der Waals surface area contributed by atoms with Crippen molar-refractivity contribution in [3.63, 3.8) is 0 Å². The largest absolute Gasteiger partial charge is 0.335 e. The number of carbonyl (C=O) groups is 1. The average Bonchev–Trinajstić information content (AvgIpc) is 2.57. The predicted molar refractivity (Wildman–Crippen MR) is 67.7 cm³/mol. The van der Waals surface area contributed by atoms with Crippen LogP contribution in [0.4, 0.5) is 0 Å². The van der Waals surface area contributed by atoms with Crippen LogP contribution >= 0.6 is 0 Å². The van der Waals surface area contributed by atoms with Gasteiger partial charge in [-0.05, 0) is 17.8 Å². The van der Waals surface area contributed by atoms with Crippen molar-refractivity contribution < 1.29 is 4.79 Å². The van der Waals surface area contributed by atoms with Crippen LogP contribution in [0.5, 0.6) is 0 Å². The molecule has 1 aliphatic rings. The van der Waals surface area contributed by atoms with E-state index in [4.69, 9.17) is 0 Å². The van der Waals surface area contributed by atoms with Crippen molar-refractivity contribution in [2.45, 2.75) is 47.6 Å². The van der Waals surface area contributed by atoms with Gasteiger partial charge < -0.3 is 4.57 Å². The maximum Gasteiger partial charge on any atom is 0.144 e. The Labute approximate surface area is 103 Å². The zero-order valence-electron chi connectivity index (χ0n) is 11.4. The molecule has 0 unspecified atom stereocenters. The normalized spacial score (nSPS) is 21.5. The van der Waals surface area contributed by atoms with Crippen molar-refractivity contribution in [3.05, 3.63) is 18.2 Å². The third-order valence-electron chi connectivity index (χ3n) is 4.82. The molecule has 0 saturated heterocycles. The summed E-state index contributed by atoms with van der Waals surface area (Å²) in [6.07, 6.45) is 4.18. The van der Waals surface area contributed by atoms with Crippen LogP contribution in [0.25, 0.3) is 0 Å². The van der Waals surface area contributed by atoms with E-state index in [1.165, 1.54) is 0 Å². The number of aromatic nitrogens is 2. The van der Waals surface area contributed by atoms with Gasteiger partial charge in [-0.2, -0.15) is 0 Å². The molecule has 94 valence electrons. The van der Waals surface area contributed by atoms with Gasteiger partial charge in [0.1, 0.15) is 11.6 Å². The molecule has 3 heteroatoms. The number of Topliss-reactive ketones (excluding diaryl/α,β-unsaturated/α-hetero) is 1. The molecule has 2 rings (SSSR count). The summed E-state index contributed by atoms with van der Waals surface area (Å²) in [6, 6.07) is 0. The first kappa shape index (κ1) is 12.3. The maximum absolute atomic E-state index is 12.3. The van der Waals surface area contributed by atoms with Gasteiger partial charge in [0.25, 0.3) is 0 Å². The number of rotatable bonds is 4. The van der Waals surface area contributed by atoms with Crippen LogP contribution in [0.1, 0.15) is 40.4 Å². The second-order valence-electron chi connectivity index (χ2n) is 6.15. The molecular formula is C14H22N2O. The van der Waals surface area contributed by atoms with E-state index in [1.54, 1.807) is 6.20 Å². The highest BCUT2D eigenvalue weighted by Gasteiger charge is 2.67. The zero-order chi connectivity index (χ0) is 12.8. The molecule has 0 radical (unpaired) electrons. The summed E-state index contributed by atoms with van der Waals surface area (Å²) in [7, 11) is 0. The summed E-state index contributed by atoms with van der Waals surface area (Å²) in [4.78, 5) is 16.6. The molecule has 1 saturated carbocycles. The summed E-state index contributed by atoms with van der Waals surface area (Å²) in [6.45, 7) is 11.7. The Balaban J connectivity index is 2.10. The third-order valence-corrected chi connectivity index (χ3v) is 4.82. The summed E-state index contributed by atoms with van der Waals surface area (Å²) in [5.41, 5.74) is 0.265. The molecule has 0 aromatic carbocycles. The van der Waals surface area contributed by atoms with Gasteiger partial charge in [-0.15, -0.1) is 0 Å². The molecule has 0 atom stereocenters. The quantitative estimate of drug-likeness (QED) is 0.803. The molecular weight excluding hydrogens is 212 g/mol. The number of nitrogens with zero attached hydrogens (tertiary/aromatic N) is 2. The molecule has 0 amide bonds. The fourth-order valence-electron chi connectivity index (χ4n) is 3.05. The van der Waals surface area contributed by atoms with E-state index in [9.17, 15) is 4.79 Å². The van der Waals surface area contributed by atoms with E-state index in [0.29, 0.717) is 12.2 Å². The number of hydrogen-bond donors (Lipinski definition) is 0. The Bertz CT molecular complexity index is 429. The standard InChI is InChI=1S/C14H22N2O/c1-6-16-8-7-15-11(16)9-10(17)12-13(2,3)14(12,4)5/h7-8,12H,6,9H2,1-5H3. The van der Waals surface area contributed by atoms with Crippen molar-refractivity contribution >= 4 is 5.78 Å². The van der Waals surface area contributed by atoms with Gasteiger partial charge in [-0.25, -0.2) is 4.98 Å². The predicted octanol–water partition coefficient (Wildman–Crippen LogP) is 2.70. The highest BCUT2D eigenvalue weighted by atomic mass is 16.1. The second-order valence-corrected chi connectivity index (χ2v) is 6.15. The van der Waals surface area contributed by atoms with E-state index < -0.39 is 0 Å². The number of carbonyl (C=O) groups excluding carboxylic acids is 1. The van der Waals surface area contributed by atoms with Crippen LogP contribution in [0, 0.1) is 16.7 Å². The van der Waals surface area contributed by atoms with Crippen LogP contribution in [-0.4, -0.2) is 15.3 Å². The first-order valence-corrected chi connectivity index (χ1v) is 6.35. The molecule has 17 heavy (non-hydrogen) atoms. The van der Waals surface area contributed by atoms with Crippen LogP contribution < -0.4 is 0 Å². The van der Waals surface area contributed by atoms with Crippen molar-refractivity contribution in [3.8, 4) is 0 Å². The Morgan fingerprint density at radius 2 is 1.94 bits per heavy atom.